The van der Waals surface area contributed by atoms with Gasteiger partial charge < -0.3 is 10.4 Å². The van der Waals surface area contributed by atoms with Crippen LogP contribution in [0.3, 0.4) is 0 Å². The molecule has 1 saturated carbocycles. The second-order valence-electron chi connectivity index (χ2n) is 4.98. The maximum Gasteiger partial charge on any atom is 0.329 e. The Morgan fingerprint density at radius 1 is 1.58 bits per heavy atom. The number of hydrogen-bond acceptors (Lipinski definition) is 3. The second-order valence-corrected chi connectivity index (χ2v) is 4.98. The molecule has 1 aliphatic rings. The summed E-state index contributed by atoms with van der Waals surface area (Å²) >= 11 is 0. The lowest BCUT2D eigenvalue weighted by Gasteiger charge is -2.25. The quantitative estimate of drug-likeness (QED) is 0.770. The van der Waals surface area contributed by atoms with E-state index in [0.29, 0.717) is 0 Å². The number of aliphatic carboxylic acids is 1. The average Bonchev–Trinajstić information content (AvgIpc) is 3.11. The van der Waals surface area contributed by atoms with E-state index in [1.807, 2.05) is 0 Å². The van der Waals surface area contributed by atoms with Gasteiger partial charge in [0.05, 0.1) is 5.69 Å². The van der Waals surface area contributed by atoms with E-state index in [2.05, 4.69) is 10.4 Å². The Labute approximate surface area is 111 Å². The minimum absolute atomic E-state index is 0.0269. The van der Waals surface area contributed by atoms with Gasteiger partial charge in [-0.2, -0.15) is 5.10 Å². The lowest BCUT2D eigenvalue weighted by atomic mass is 9.96. The monoisotopic (exact) mass is 263 g/mol. The summed E-state index contributed by atoms with van der Waals surface area (Å²) in [4.78, 5) is 23.1. The fourth-order valence-corrected chi connectivity index (χ4v) is 2.00. The van der Waals surface area contributed by atoms with Crippen molar-refractivity contribution in [3.05, 3.63) is 24.0 Å². The summed E-state index contributed by atoms with van der Waals surface area (Å²) in [5.74, 6) is -1.37. The van der Waals surface area contributed by atoms with Crippen molar-refractivity contribution in [2.45, 2.75) is 25.3 Å². The van der Waals surface area contributed by atoms with Crippen LogP contribution in [-0.2, 0) is 16.6 Å². The standard InChI is InChI=1S/C13H17N3O3/c1-13(12(18)19,9-3-4-9)15-11(17)6-5-10-7-8-14-16(10)2/h5-9H,3-4H2,1-2H3,(H,15,17)(H,18,19)/b6-5+. The Hall–Kier alpha value is -2.11. The molecule has 1 amide bonds. The van der Waals surface area contributed by atoms with Crippen LogP contribution in [0.5, 0.6) is 0 Å². The van der Waals surface area contributed by atoms with Crippen LogP contribution < -0.4 is 5.32 Å². The molecule has 1 fully saturated rings. The normalized spacial score (nSPS) is 18.2. The van der Waals surface area contributed by atoms with Crippen molar-refractivity contribution in [2.75, 3.05) is 0 Å². The van der Waals surface area contributed by atoms with Crippen LogP contribution in [0.1, 0.15) is 25.5 Å². The molecule has 1 unspecified atom stereocenters. The van der Waals surface area contributed by atoms with E-state index in [1.165, 1.54) is 6.08 Å². The first-order valence-corrected chi connectivity index (χ1v) is 6.15. The minimum Gasteiger partial charge on any atom is -0.480 e. The van der Waals surface area contributed by atoms with E-state index in [9.17, 15) is 14.7 Å². The van der Waals surface area contributed by atoms with Crippen LogP contribution in [0.4, 0.5) is 0 Å². The van der Waals surface area contributed by atoms with Gasteiger partial charge in [-0.3, -0.25) is 9.48 Å². The highest BCUT2D eigenvalue weighted by Crippen LogP contribution is 2.39. The largest absolute Gasteiger partial charge is 0.480 e. The number of carboxylic acid groups (broad SMARTS) is 1. The topological polar surface area (TPSA) is 84.2 Å². The predicted molar refractivity (Wildman–Crippen MR) is 69.1 cm³/mol. The molecule has 0 spiro atoms. The highest BCUT2D eigenvalue weighted by Gasteiger charge is 2.48. The number of hydrogen-bond donors (Lipinski definition) is 2. The molecule has 0 bridgehead atoms. The second kappa shape index (κ2) is 4.87. The smallest absolute Gasteiger partial charge is 0.329 e. The molecule has 6 heteroatoms. The van der Waals surface area contributed by atoms with Crippen LogP contribution >= 0.6 is 0 Å². The first-order valence-electron chi connectivity index (χ1n) is 6.15. The van der Waals surface area contributed by atoms with Gasteiger partial charge in [0.1, 0.15) is 5.54 Å². The van der Waals surface area contributed by atoms with Crippen molar-refractivity contribution in [1.29, 1.82) is 0 Å². The summed E-state index contributed by atoms with van der Waals surface area (Å²) in [6.45, 7) is 1.56. The Balaban J connectivity index is 2.03. The van der Waals surface area contributed by atoms with E-state index in [0.717, 1.165) is 18.5 Å². The van der Waals surface area contributed by atoms with Crippen molar-refractivity contribution in [1.82, 2.24) is 15.1 Å². The lowest BCUT2D eigenvalue weighted by Crippen LogP contribution is -2.53. The van der Waals surface area contributed by atoms with E-state index in [1.54, 1.807) is 37.0 Å². The van der Waals surface area contributed by atoms with Gasteiger partial charge in [0.15, 0.2) is 0 Å². The summed E-state index contributed by atoms with van der Waals surface area (Å²) in [7, 11) is 1.77. The summed E-state index contributed by atoms with van der Waals surface area (Å²) in [5, 5.41) is 15.8. The summed E-state index contributed by atoms with van der Waals surface area (Å²) < 4.78 is 1.63. The fourth-order valence-electron chi connectivity index (χ4n) is 2.00. The van der Waals surface area contributed by atoms with Crippen LogP contribution in [0.15, 0.2) is 18.3 Å². The Morgan fingerprint density at radius 2 is 2.26 bits per heavy atom. The molecule has 1 atom stereocenters. The van der Waals surface area contributed by atoms with Crippen molar-refractivity contribution >= 4 is 18.0 Å². The maximum absolute atomic E-state index is 11.8. The first kappa shape index (κ1) is 13.3. The van der Waals surface area contributed by atoms with E-state index in [4.69, 9.17) is 0 Å². The molecule has 1 aliphatic carbocycles. The number of amides is 1. The van der Waals surface area contributed by atoms with Gasteiger partial charge in [-0.25, -0.2) is 4.79 Å². The van der Waals surface area contributed by atoms with Gasteiger partial charge in [0.25, 0.3) is 0 Å². The van der Waals surface area contributed by atoms with Gasteiger partial charge >= 0.3 is 5.97 Å². The first-order chi connectivity index (χ1) is 8.93. The summed E-state index contributed by atoms with van der Waals surface area (Å²) in [5.41, 5.74) is -0.396. The molecule has 2 N–H and O–H groups in total. The molecule has 0 radical (unpaired) electrons. The van der Waals surface area contributed by atoms with Crippen molar-refractivity contribution < 1.29 is 14.7 Å². The SMILES string of the molecule is Cn1nccc1/C=C/C(=O)NC(C)(C(=O)O)C1CC1. The maximum atomic E-state index is 11.8. The zero-order chi connectivity index (χ0) is 14.0. The number of carbonyl (C=O) groups is 2. The molecular weight excluding hydrogens is 246 g/mol. The Kier molecular flexibility index (Phi) is 3.42. The molecule has 0 saturated heterocycles. The van der Waals surface area contributed by atoms with E-state index < -0.39 is 17.4 Å². The average molecular weight is 263 g/mol. The molecule has 1 aromatic rings. The van der Waals surface area contributed by atoms with Gasteiger partial charge in [-0.05, 0) is 37.8 Å². The number of rotatable bonds is 5. The zero-order valence-corrected chi connectivity index (χ0v) is 11.0. The molecule has 102 valence electrons. The van der Waals surface area contributed by atoms with Crippen LogP contribution in [0.2, 0.25) is 0 Å². The molecule has 19 heavy (non-hydrogen) atoms. The van der Waals surface area contributed by atoms with Crippen molar-refractivity contribution in [3.8, 4) is 0 Å². The summed E-state index contributed by atoms with van der Waals surface area (Å²) in [6.07, 6.45) is 6.25. The number of aromatic nitrogens is 2. The third kappa shape index (κ3) is 2.83. The third-order valence-corrected chi connectivity index (χ3v) is 3.49. The van der Waals surface area contributed by atoms with E-state index in [-0.39, 0.29) is 5.92 Å². The van der Waals surface area contributed by atoms with Crippen LogP contribution in [0.25, 0.3) is 6.08 Å². The van der Waals surface area contributed by atoms with Gasteiger partial charge in [-0.15, -0.1) is 0 Å². The van der Waals surface area contributed by atoms with Crippen molar-refractivity contribution in [3.63, 3.8) is 0 Å². The molecule has 6 nitrogen and oxygen atoms in total. The van der Waals surface area contributed by atoms with Gasteiger partial charge in [-0.1, -0.05) is 0 Å². The molecule has 1 heterocycles. The molecule has 1 aromatic heterocycles. The number of aryl methyl sites for hydroxylation is 1. The molecule has 2 rings (SSSR count). The lowest BCUT2D eigenvalue weighted by molar-refractivity contribution is -0.147. The highest BCUT2D eigenvalue weighted by molar-refractivity contribution is 5.95. The van der Waals surface area contributed by atoms with Crippen LogP contribution in [-0.4, -0.2) is 32.3 Å². The zero-order valence-electron chi connectivity index (χ0n) is 11.0. The van der Waals surface area contributed by atoms with Gasteiger partial charge in [0.2, 0.25) is 5.91 Å². The number of carbonyl (C=O) groups excluding carboxylic acids is 1. The van der Waals surface area contributed by atoms with Crippen LogP contribution in [0, 0.1) is 5.92 Å². The van der Waals surface area contributed by atoms with Crippen molar-refractivity contribution in [2.24, 2.45) is 13.0 Å². The highest BCUT2D eigenvalue weighted by atomic mass is 16.4. The summed E-state index contributed by atoms with van der Waals surface area (Å²) in [6, 6.07) is 1.76. The Morgan fingerprint density at radius 3 is 2.74 bits per heavy atom. The number of nitrogens with one attached hydrogen (secondary N) is 1. The van der Waals surface area contributed by atoms with E-state index >= 15 is 0 Å². The third-order valence-electron chi connectivity index (χ3n) is 3.49. The number of nitrogens with zero attached hydrogens (tertiary/aromatic N) is 2. The molecule has 0 aliphatic heterocycles. The predicted octanol–water partition coefficient (Wildman–Crippen LogP) is 0.803. The molecule has 0 aromatic carbocycles. The molecular formula is C13H17N3O3. The van der Waals surface area contributed by atoms with Gasteiger partial charge in [0, 0.05) is 19.3 Å². The minimum atomic E-state index is -1.17. The number of carboxylic acids is 1. The fraction of sp³-hybridized carbons (Fsp3) is 0.462. The Bertz CT molecular complexity index is 531.